The summed E-state index contributed by atoms with van der Waals surface area (Å²) in [7, 11) is 3.85. The number of nitrogens with zero attached hydrogens (tertiary/aromatic N) is 4. The topological polar surface area (TPSA) is 57.5 Å². The molecule has 1 aromatic rings. The molecule has 26 heavy (non-hydrogen) atoms. The minimum Gasteiger partial charge on any atom is -0.355 e. The molecular weight excluding hydrogens is 324 g/mol. The van der Waals surface area contributed by atoms with Crippen LogP contribution < -0.4 is 10.6 Å². The van der Waals surface area contributed by atoms with E-state index >= 15 is 0 Å². The molecule has 0 amide bonds. The Morgan fingerprint density at radius 1 is 1.23 bits per heavy atom. The number of aromatic nitrogens is 2. The quantitative estimate of drug-likeness (QED) is 0.603. The molecule has 0 bridgehead atoms. The number of piperidine rings is 1. The van der Waals surface area contributed by atoms with Gasteiger partial charge in [-0.3, -0.25) is 14.6 Å². The van der Waals surface area contributed by atoms with Gasteiger partial charge in [0.1, 0.15) is 0 Å². The minimum absolute atomic E-state index is 0.137. The summed E-state index contributed by atoms with van der Waals surface area (Å²) in [6, 6.07) is 0.292. The average molecular weight is 363 g/mol. The van der Waals surface area contributed by atoms with Crippen molar-refractivity contribution >= 4 is 5.96 Å². The Morgan fingerprint density at radius 2 is 1.88 bits per heavy atom. The highest BCUT2D eigenvalue weighted by atomic mass is 15.3. The van der Waals surface area contributed by atoms with E-state index in [0.29, 0.717) is 6.04 Å². The van der Waals surface area contributed by atoms with Gasteiger partial charge in [-0.15, -0.1) is 0 Å². The van der Waals surface area contributed by atoms with Crippen molar-refractivity contribution in [2.24, 2.45) is 12.0 Å². The lowest BCUT2D eigenvalue weighted by Crippen LogP contribution is -2.55. The van der Waals surface area contributed by atoms with Crippen LogP contribution in [-0.4, -0.2) is 58.9 Å². The van der Waals surface area contributed by atoms with E-state index in [4.69, 9.17) is 0 Å². The summed E-state index contributed by atoms with van der Waals surface area (Å²) in [4.78, 5) is 7.02. The van der Waals surface area contributed by atoms with Gasteiger partial charge in [0.15, 0.2) is 5.96 Å². The maximum atomic E-state index is 4.52. The van der Waals surface area contributed by atoms with Crippen molar-refractivity contribution in [3.63, 3.8) is 0 Å². The van der Waals surface area contributed by atoms with Gasteiger partial charge in [0.05, 0.1) is 5.69 Å². The van der Waals surface area contributed by atoms with Gasteiger partial charge in [-0.05, 0) is 72.5 Å². The molecule has 148 valence electrons. The third-order valence-corrected chi connectivity index (χ3v) is 5.68. The fourth-order valence-corrected chi connectivity index (χ4v) is 3.81. The normalized spacial score (nSPS) is 18.0. The highest BCUT2D eigenvalue weighted by Gasteiger charge is 2.28. The second kappa shape index (κ2) is 8.89. The van der Waals surface area contributed by atoms with Crippen molar-refractivity contribution < 1.29 is 0 Å². The largest absolute Gasteiger partial charge is 0.355 e. The van der Waals surface area contributed by atoms with E-state index in [1.165, 1.54) is 43.6 Å². The second-order valence-electron chi connectivity index (χ2n) is 8.31. The molecule has 1 fully saturated rings. The molecule has 0 spiro atoms. The van der Waals surface area contributed by atoms with E-state index in [2.05, 4.69) is 60.2 Å². The van der Waals surface area contributed by atoms with Gasteiger partial charge in [0.25, 0.3) is 0 Å². The van der Waals surface area contributed by atoms with Crippen LogP contribution in [0.25, 0.3) is 0 Å². The number of nitrogens with one attached hydrogen (secondary N) is 2. The smallest absolute Gasteiger partial charge is 0.191 e. The van der Waals surface area contributed by atoms with Crippen LogP contribution in [0.1, 0.15) is 57.0 Å². The summed E-state index contributed by atoms with van der Waals surface area (Å²) in [6.45, 7) is 14.4. The van der Waals surface area contributed by atoms with Crippen molar-refractivity contribution in [3.8, 4) is 0 Å². The van der Waals surface area contributed by atoms with E-state index in [1.807, 2.05) is 18.8 Å². The van der Waals surface area contributed by atoms with Gasteiger partial charge >= 0.3 is 0 Å². The lowest BCUT2D eigenvalue weighted by atomic mass is 9.98. The number of guanidine groups is 1. The standard InChI is InChI=1S/C20H38N6/c1-15(13-18-16(2)24-25(7)17(18)3)23-19(21-6)22-14-20(4,5)26-11-9-8-10-12-26/h15H,8-14H2,1-7H3,(H2,21,22,23). The Kier molecular flexibility index (Phi) is 7.09. The Bertz CT molecular complexity index is 610. The lowest BCUT2D eigenvalue weighted by molar-refractivity contribution is 0.0982. The first-order valence-electron chi connectivity index (χ1n) is 9.96. The highest BCUT2D eigenvalue weighted by molar-refractivity contribution is 5.80. The Morgan fingerprint density at radius 3 is 2.42 bits per heavy atom. The van der Waals surface area contributed by atoms with Crippen LogP contribution >= 0.6 is 0 Å². The van der Waals surface area contributed by atoms with Gasteiger partial charge in [-0.1, -0.05) is 6.42 Å². The number of hydrogen-bond acceptors (Lipinski definition) is 3. The molecule has 1 atom stereocenters. The number of rotatable bonds is 6. The zero-order valence-electron chi connectivity index (χ0n) is 17.8. The summed E-state index contributed by atoms with van der Waals surface area (Å²) in [5.74, 6) is 0.877. The average Bonchev–Trinajstić information content (AvgIpc) is 2.85. The van der Waals surface area contributed by atoms with Gasteiger partial charge in [0, 0.05) is 37.9 Å². The van der Waals surface area contributed by atoms with E-state index < -0.39 is 0 Å². The Hall–Kier alpha value is -1.56. The molecule has 2 heterocycles. The molecule has 2 N–H and O–H groups in total. The molecule has 1 unspecified atom stereocenters. The molecule has 0 aliphatic carbocycles. The predicted octanol–water partition coefficient (Wildman–Crippen LogP) is 2.40. The van der Waals surface area contributed by atoms with Crippen LogP contribution in [-0.2, 0) is 13.5 Å². The number of hydrogen-bond donors (Lipinski definition) is 2. The van der Waals surface area contributed by atoms with E-state index in [1.54, 1.807) is 0 Å². The number of aryl methyl sites for hydroxylation is 2. The number of aliphatic imine (C=N–C) groups is 1. The van der Waals surface area contributed by atoms with Crippen LogP contribution in [0, 0.1) is 13.8 Å². The molecule has 1 saturated heterocycles. The fourth-order valence-electron chi connectivity index (χ4n) is 3.81. The summed E-state index contributed by atoms with van der Waals surface area (Å²) >= 11 is 0. The summed E-state index contributed by atoms with van der Waals surface area (Å²) in [5, 5.41) is 11.6. The van der Waals surface area contributed by atoms with E-state index in [9.17, 15) is 0 Å². The molecule has 2 rings (SSSR count). The van der Waals surface area contributed by atoms with Crippen molar-refractivity contribution in [2.75, 3.05) is 26.7 Å². The minimum atomic E-state index is 0.137. The lowest BCUT2D eigenvalue weighted by Gasteiger charge is -2.41. The molecule has 6 heteroatoms. The van der Waals surface area contributed by atoms with Crippen molar-refractivity contribution in [1.29, 1.82) is 0 Å². The van der Waals surface area contributed by atoms with Gasteiger partial charge in [0.2, 0.25) is 0 Å². The summed E-state index contributed by atoms with van der Waals surface area (Å²) in [6.07, 6.45) is 4.95. The van der Waals surface area contributed by atoms with Crippen molar-refractivity contribution in [3.05, 3.63) is 17.0 Å². The van der Waals surface area contributed by atoms with Gasteiger partial charge in [-0.2, -0.15) is 5.10 Å². The maximum Gasteiger partial charge on any atom is 0.191 e. The van der Waals surface area contributed by atoms with Crippen LogP contribution in [0.15, 0.2) is 4.99 Å². The zero-order chi connectivity index (χ0) is 19.3. The highest BCUT2D eigenvalue weighted by Crippen LogP contribution is 2.20. The predicted molar refractivity (Wildman–Crippen MR) is 110 cm³/mol. The number of likely N-dealkylation sites (tertiary alicyclic amines) is 1. The zero-order valence-corrected chi connectivity index (χ0v) is 17.8. The third kappa shape index (κ3) is 5.22. The molecule has 0 aromatic carbocycles. The molecule has 1 aliphatic rings. The van der Waals surface area contributed by atoms with Crippen LogP contribution in [0.5, 0.6) is 0 Å². The van der Waals surface area contributed by atoms with Gasteiger partial charge in [-0.25, -0.2) is 0 Å². The molecule has 1 aromatic heterocycles. The van der Waals surface area contributed by atoms with Crippen molar-refractivity contribution in [1.82, 2.24) is 25.3 Å². The van der Waals surface area contributed by atoms with Gasteiger partial charge < -0.3 is 10.6 Å². The SMILES string of the molecule is CN=C(NCC(C)(C)N1CCCCC1)NC(C)Cc1c(C)nn(C)c1C. The Balaban J connectivity index is 1.88. The van der Waals surface area contributed by atoms with E-state index in [0.717, 1.165) is 24.6 Å². The molecule has 1 aliphatic heterocycles. The molecule has 0 saturated carbocycles. The first-order valence-corrected chi connectivity index (χ1v) is 9.96. The first kappa shape index (κ1) is 20.7. The second-order valence-corrected chi connectivity index (χ2v) is 8.31. The fraction of sp³-hybridized carbons (Fsp3) is 0.800. The van der Waals surface area contributed by atoms with E-state index in [-0.39, 0.29) is 5.54 Å². The third-order valence-electron chi connectivity index (χ3n) is 5.68. The summed E-state index contributed by atoms with van der Waals surface area (Å²) in [5.41, 5.74) is 3.83. The van der Waals surface area contributed by atoms with Crippen LogP contribution in [0.4, 0.5) is 0 Å². The Labute approximate surface area is 159 Å². The summed E-state index contributed by atoms with van der Waals surface area (Å²) < 4.78 is 1.96. The monoisotopic (exact) mass is 362 g/mol. The van der Waals surface area contributed by atoms with Crippen LogP contribution in [0.3, 0.4) is 0 Å². The van der Waals surface area contributed by atoms with Crippen LogP contribution in [0.2, 0.25) is 0 Å². The first-order chi connectivity index (χ1) is 12.2. The molecule has 6 nitrogen and oxygen atoms in total. The maximum absolute atomic E-state index is 4.52. The van der Waals surface area contributed by atoms with Crippen molar-refractivity contribution in [2.45, 2.75) is 71.9 Å². The molecule has 0 radical (unpaired) electrons. The molecular formula is C20H38N6.